The van der Waals surface area contributed by atoms with E-state index in [4.69, 9.17) is 22.7 Å². The number of thiocarbonyl (C=S) groups is 1. The van der Waals surface area contributed by atoms with Crippen molar-refractivity contribution in [3.05, 3.63) is 24.3 Å². The third kappa shape index (κ3) is 5.23. The van der Waals surface area contributed by atoms with Crippen LogP contribution in [-0.2, 0) is 0 Å². The number of benzene rings is 1. The van der Waals surface area contributed by atoms with Crippen LogP contribution in [0.25, 0.3) is 0 Å². The van der Waals surface area contributed by atoms with Crippen LogP contribution in [0.4, 0.5) is 10.5 Å². The fourth-order valence-corrected chi connectivity index (χ4v) is 2.49. The molecule has 0 heterocycles. The Kier molecular flexibility index (Phi) is 5.80. The lowest BCUT2D eigenvalue weighted by atomic mass is 9.96. The predicted molar refractivity (Wildman–Crippen MR) is 87.7 cm³/mol. The molecule has 1 saturated carbocycles. The van der Waals surface area contributed by atoms with Gasteiger partial charge in [-0.25, -0.2) is 4.79 Å². The minimum absolute atomic E-state index is 0.151. The molecule has 5 nitrogen and oxygen atoms in total. The van der Waals surface area contributed by atoms with E-state index in [0.29, 0.717) is 11.4 Å². The van der Waals surface area contributed by atoms with Gasteiger partial charge in [0.25, 0.3) is 0 Å². The topological polar surface area (TPSA) is 76.4 Å². The molecule has 2 rings (SSSR count). The highest BCUT2D eigenvalue weighted by Crippen LogP contribution is 2.24. The lowest BCUT2D eigenvalue weighted by Crippen LogP contribution is -2.39. The van der Waals surface area contributed by atoms with Gasteiger partial charge in [-0.05, 0) is 25.0 Å². The highest BCUT2D eigenvalue weighted by molar-refractivity contribution is 7.80. The number of hydrogen-bond acceptors (Lipinski definition) is 3. The van der Waals surface area contributed by atoms with Crippen molar-refractivity contribution in [2.75, 3.05) is 11.9 Å². The monoisotopic (exact) mass is 307 g/mol. The van der Waals surface area contributed by atoms with Crippen molar-refractivity contribution in [1.29, 1.82) is 0 Å². The van der Waals surface area contributed by atoms with Crippen LogP contribution in [0.5, 0.6) is 5.75 Å². The van der Waals surface area contributed by atoms with Crippen molar-refractivity contribution in [2.24, 2.45) is 5.73 Å². The second-order valence-corrected chi connectivity index (χ2v) is 5.71. The van der Waals surface area contributed by atoms with E-state index in [2.05, 4.69) is 10.6 Å². The summed E-state index contributed by atoms with van der Waals surface area (Å²) in [7, 11) is 0. The van der Waals surface area contributed by atoms with Crippen molar-refractivity contribution in [1.82, 2.24) is 5.32 Å². The van der Waals surface area contributed by atoms with Gasteiger partial charge in [0.05, 0.1) is 5.69 Å². The van der Waals surface area contributed by atoms with Gasteiger partial charge in [-0.1, -0.05) is 43.6 Å². The quantitative estimate of drug-likeness (QED) is 0.731. The Balaban J connectivity index is 1.91. The minimum Gasteiger partial charge on any atom is -0.484 e. The zero-order chi connectivity index (χ0) is 15.1. The van der Waals surface area contributed by atoms with E-state index in [0.717, 1.165) is 12.8 Å². The second kappa shape index (κ2) is 7.83. The Labute approximate surface area is 130 Å². The first-order valence-corrected chi connectivity index (χ1v) is 7.63. The van der Waals surface area contributed by atoms with Crippen molar-refractivity contribution in [3.63, 3.8) is 0 Å². The number of nitrogens with one attached hydrogen (secondary N) is 2. The number of carbonyl (C=O) groups excluding carboxylic acids is 1. The normalized spacial score (nSPS) is 15.2. The number of ether oxygens (including phenoxy) is 1. The van der Waals surface area contributed by atoms with Crippen molar-refractivity contribution >= 4 is 28.9 Å². The number of hydrogen-bond donors (Lipinski definition) is 3. The Morgan fingerprint density at radius 3 is 2.71 bits per heavy atom. The molecule has 0 bridgehead atoms. The smallest absolute Gasteiger partial charge is 0.319 e. The molecule has 1 aromatic rings. The van der Waals surface area contributed by atoms with Crippen molar-refractivity contribution in [3.8, 4) is 5.75 Å². The zero-order valence-corrected chi connectivity index (χ0v) is 12.7. The first-order valence-electron chi connectivity index (χ1n) is 7.23. The molecule has 114 valence electrons. The fraction of sp³-hybridized carbons (Fsp3) is 0.467. The predicted octanol–water partition coefficient (Wildman–Crippen LogP) is 2.81. The number of nitrogens with two attached hydrogens (primary N) is 1. The molecule has 0 unspecified atom stereocenters. The van der Waals surface area contributed by atoms with Gasteiger partial charge in [0.1, 0.15) is 17.3 Å². The Bertz CT molecular complexity index is 501. The summed E-state index contributed by atoms with van der Waals surface area (Å²) in [5.74, 6) is 0.559. The lowest BCUT2D eigenvalue weighted by Gasteiger charge is -2.23. The van der Waals surface area contributed by atoms with E-state index in [1.165, 1.54) is 19.3 Å². The number of anilines is 1. The molecule has 1 aliphatic rings. The maximum atomic E-state index is 12.0. The molecule has 6 heteroatoms. The summed E-state index contributed by atoms with van der Waals surface area (Å²) in [5.41, 5.74) is 6.04. The van der Waals surface area contributed by atoms with E-state index in [-0.39, 0.29) is 23.7 Å². The van der Waals surface area contributed by atoms with E-state index < -0.39 is 0 Å². The van der Waals surface area contributed by atoms with Crippen LogP contribution in [0, 0.1) is 0 Å². The molecule has 1 aliphatic carbocycles. The molecule has 1 aromatic carbocycles. The minimum atomic E-state index is -0.201. The lowest BCUT2D eigenvalue weighted by molar-refractivity contribution is 0.244. The average Bonchev–Trinajstić information content (AvgIpc) is 2.47. The number of amides is 2. The molecule has 0 saturated heterocycles. The molecular weight excluding hydrogens is 286 g/mol. The highest BCUT2D eigenvalue weighted by atomic mass is 32.1. The third-order valence-corrected chi connectivity index (χ3v) is 3.56. The fourth-order valence-electron chi connectivity index (χ4n) is 2.44. The summed E-state index contributed by atoms with van der Waals surface area (Å²) >= 11 is 4.79. The van der Waals surface area contributed by atoms with Crippen LogP contribution >= 0.6 is 12.2 Å². The summed E-state index contributed by atoms with van der Waals surface area (Å²) in [5, 5.41) is 5.83. The van der Waals surface area contributed by atoms with Crippen LogP contribution in [0.3, 0.4) is 0 Å². The molecular formula is C15H21N3O2S. The van der Waals surface area contributed by atoms with Crippen LogP contribution in [0.2, 0.25) is 0 Å². The molecule has 0 aromatic heterocycles. The van der Waals surface area contributed by atoms with E-state index in [1.54, 1.807) is 12.1 Å². The van der Waals surface area contributed by atoms with E-state index in [1.807, 2.05) is 12.1 Å². The first-order chi connectivity index (χ1) is 10.1. The van der Waals surface area contributed by atoms with Gasteiger partial charge in [-0.3, -0.25) is 0 Å². The SMILES string of the molecule is NC(=S)COc1ccccc1NC(=O)NC1CCCCC1. The molecule has 0 atom stereocenters. The molecule has 0 spiro atoms. The van der Waals surface area contributed by atoms with E-state index >= 15 is 0 Å². The number of carbonyl (C=O) groups is 1. The van der Waals surface area contributed by atoms with Gasteiger partial charge in [0.15, 0.2) is 0 Å². The van der Waals surface area contributed by atoms with Gasteiger partial charge in [-0.2, -0.15) is 0 Å². The zero-order valence-electron chi connectivity index (χ0n) is 11.9. The number of rotatable bonds is 5. The summed E-state index contributed by atoms with van der Waals surface area (Å²) in [6, 6.07) is 7.30. The van der Waals surface area contributed by atoms with Gasteiger partial charge in [-0.15, -0.1) is 0 Å². The summed E-state index contributed by atoms with van der Waals surface area (Å²) in [6.45, 7) is 0.151. The standard InChI is InChI=1S/C15H21N3O2S/c16-14(21)10-20-13-9-5-4-8-12(13)18-15(19)17-11-6-2-1-3-7-11/h4-5,8-9,11H,1-3,6-7,10H2,(H2,16,21)(H2,17,18,19). The van der Waals surface area contributed by atoms with Gasteiger partial charge in [0, 0.05) is 6.04 Å². The highest BCUT2D eigenvalue weighted by Gasteiger charge is 2.16. The number of para-hydroxylation sites is 2. The Morgan fingerprint density at radius 2 is 2.00 bits per heavy atom. The molecule has 2 amide bonds. The third-order valence-electron chi connectivity index (χ3n) is 3.45. The van der Waals surface area contributed by atoms with Crippen LogP contribution in [0.15, 0.2) is 24.3 Å². The van der Waals surface area contributed by atoms with E-state index in [9.17, 15) is 4.79 Å². The van der Waals surface area contributed by atoms with Crippen molar-refractivity contribution < 1.29 is 9.53 Å². The molecule has 4 N–H and O–H groups in total. The number of urea groups is 1. The molecule has 0 radical (unpaired) electrons. The summed E-state index contributed by atoms with van der Waals surface area (Å²) in [4.78, 5) is 12.3. The van der Waals surface area contributed by atoms with Crippen LogP contribution in [-0.4, -0.2) is 23.7 Å². The van der Waals surface area contributed by atoms with Crippen LogP contribution < -0.4 is 21.1 Å². The largest absolute Gasteiger partial charge is 0.484 e. The average molecular weight is 307 g/mol. The molecule has 1 fully saturated rings. The van der Waals surface area contributed by atoms with Gasteiger partial charge in [0.2, 0.25) is 0 Å². The molecule has 21 heavy (non-hydrogen) atoms. The second-order valence-electron chi connectivity index (χ2n) is 5.18. The van der Waals surface area contributed by atoms with Gasteiger partial charge >= 0.3 is 6.03 Å². The summed E-state index contributed by atoms with van der Waals surface area (Å²) < 4.78 is 5.48. The first kappa shape index (κ1) is 15.6. The maximum absolute atomic E-state index is 12.0. The maximum Gasteiger partial charge on any atom is 0.319 e. The Hall–Kier alpha value is -1.82. The van der Waals surface area contributed by atoms with Crippen molar-refractivity contribution in [2.45, 2.75) is 38.1 Å². The van der Waals surface area contributed by atoms with Gasteiger partial charge < -0.3 is 21.1 Å². The van der Waals surface area contributed by atoms with Crippen LogP contribution in [0.1, 0.15) is 32.1 Å². The molecule has 0 aliphatic heterocycles. The Morgan fingerprint density at radius 1 is 1.29 bits per heavy atom. The summed E-state index contributed by atoms with van der Waals surface area (Å²) in [6.07, 6.45) is 5.71.